The van der Waals surface area contributed by atoms with Crippen LogP contribution in [-0.2, 0) is 25.5 Å². The smallest absolute Gasteiger partial charge is 0.336 e. The quantitative estimate of drug-likeness (QED) is 0.131. The molecule has 1 fully saturated rings. The molecule has 2 aromatic rings. The predicted molar refractivity (Wildman–Crippen MR) is 170 cm³/mol. The fourth-order valence-electron chi connectivity index (χ4n) is 5.59. The second-order valence-electron chi connectivity index (χ2n) is 12.6. The van der Waals surface area contributed by atoms with Gasteiger partial charge < -0.3 is 14.6 Å². The number of benzene rings is 2. The van der Waals surface area contributed by atoms with E-state index in [4.69, 9.17) is 9.47 Å². The molecule has 0 spiro atoms. The summed E-state index contributed by atoms with van der Waals surface area (Å²) in [6, 6.07) is 17.4. The van der Waals surface area contributed by atoms with Gasteiger partial charge in [0.1, 0.15) is 0 Å². The minimum absolute atomic E-state index is 0.0226. The van der Waals surface area contributed by atoms with Crippen LogP contribution in [0, 0.1) is 11.8 Å². The van der Waals surface area contributed by atoms with Gasteiger partial charge in [-0.15, -0.1) is 0 Å². The standard InChI is InChI=1S/C37H50O5/c1-7-8-9-10-28-11-15-31(16-12-28)33-19-21-34(22-20-33)32-17-13-29(14-18-32)23-30(24-41-35(38)26(2)3)25-42-36(39)27(4)37(5,6)40/h13-14,17-22,28,30-31,40H,2,4,7-12,15-16,23-25H2,1,3,5-6H3. The normalized spacial score (nSPS) is 17.7. The Labute approximate surface area is 253 Å². The first-order chi connectivity index (χ1) is 20.0. The molecule has 1 atom stereocenters. The molecule has 1 aliphatic carbocycles. The van der Waals surface area contributed by atoms with Crippen LogP contribution in [0.3, 0.4) is 0 Å². The Morgan fingerprint density at radius 3 is 1.95 bits per heavy atom. The number of aliphatic hydroxyl groups is 1. The molecule has 5 nitrogen and oxygen atoms in total. The molecule has 0 heterocycles. The van der Waals surface area contributed by atoms with Gasteiger partial charge in [-0.2, -0.15) is 0 Å². The number of unbranched alkanes of at least 4 members (excludes halogenated alkanes) is 2. The van der Waals surface area contributed by atoms with Crippen molar-refractivity contribution in [1.82, 2.24) is 0 Å². The summed E-state index contributed by atoms with van der Waals surface area (Å²) in [4.78, 5) is 24.4. The maximum absolute atomic E-state index is 12.4. The summed E-state index contributed by atoms with van der Waals surface area (Å²) in [5, 5.41) is 10.1. The van der Waals surface area contributed by atoms with Crippen molar-refractivity contribution in [1.29, 1.82) is 0 Å². The first kappa shape index (κ1) is 33.3. The SMILES string of the molecule is C=C(C)C(=O)OCC(COC(=O)C(=C)C(C)(C)O)Cc1ccc(-c2ccc(C3CCC(CCCCC)CC3)cc2)cc1. The number of esters is 2. The average molecular weight is 575 g/mol. The summed E-state index contributed by atoms with van der Waals surface area (Å²) in [7, 11) is 0. The molecule has 2 aromatic carbocycles. The molecule has 0 aliphatic heterocycles. The van der Waals surface area contributed by atoms with E-state index < -0.39 is 17.5 Å². The molecule has 5 heteroatoms. The van der Waals surface area contributed by atoms with Gasteiger partial charge in [0.05, 0.1) is 24.4 Å². The van der Waals surface area contributed by atoms with Crippen molar-refractivity contribution < 1.29 is 24.2 Å². The van der Waals surface area contributed by atoms with Crippen molar-refractivity contribution >= 4 is 11.9 Å². The van der Waals surface area contributed by atoms with Crippen molar-refractivity contribution in [2.24, 2.45) is 11.8 Å². The van der Waals surface area contributed by atoms with Crippen molar-refractivity contribution in [3.05, 3.63) is 84.0 Å². The number of carbonyl (C=O) groups excluding carboxylic acids is 2. The molecule has 0 amide bonds. The van der Waals surface area contributed by atoms with E-state index >= 15 is 0 Å². The molecule has 0 radical (unpaired) electrons. The van der Waals surface area contributed by atoms with Gasteiger partial charge in [-0.3, -0.25) is 0 Å². The van der Waals surface area contributed by atoms with E-state index in [1.807, 2.05) is 0 Å². The van der Waals surface area contributed by atoms with Gasteiger partial charge >= 0.3 is 11.9 Å². The number of carbonyl (C=O) groups is 2. The molecule has 1 saturated carbocycles. The molecule has 0 bridgehead atoms. The molecular weight excluding hydrogens is 524 g/mol. The van der Waals surface area contributed by atoms with Gasteiger partial charge in [0, 0.05) is 11.5 Å². The lowest BCUT2D eigenvalue weighted by Gasteiger charge is -2.29. The van der Waals surface area contributed by atoms with Crippen molar-refractivity contribution in [3.8, 4) is 11.1 Å². The first-order valence-corrected chi connectivity index (χ1v) is 15.6. The van der Waals surface area contributed by atoms with Crippen LogP contribution in [0.5, 0.6) is 0 Å². The zero-order chi connectivity index (χ0) is 30.7. The fraction of sp³-hybridized carbons (Fsp3) is 0.514. The minimum Gasteiger partial charge on any atom is -0.462 e. The highest BCUT2D eigenvalue weighted by atomic mass is 16.5. The van der Waals surface area contributed by atoms with Crippen LogP contribution in [0.1, 0.15) is 96.1 Å². The van der Waals surface area contributed by atoms with Crippen molar-refractivity contribution in [2.45, 2.75) is 97.0 Å². The van der Waals surface area contributed by atoms with Crippen LogP contribution in [0.25, 0.3) is 11.1 Å². The molecule has 42 heavy (non-hydrogen) atoms. The fourth-order valence-corrected chi connectivity index (χ4v) is 5.59. The number of hydrogen-bond acceptors (Lipinski definition) is 5. The summed E-state index contributed by atoms with van der Waals surface area (Å²) >= 11 is 0. The lowest BCUT2D eigenvalue weighted by atomic mass is 9.77. The Morgan fingerprint density at radius 1 is 0.881 bits per heavy atom. The van der Waals surface area contributed by atoms with Crippen LogP contribution in [-0.4, -0.2) is 35.9 Å². The van der Waals surface area contributed by atoms with Gasteiger partial charge in [0.15, 0.2) is 0 Å². The Balaban J connectivity index is 1.59. The third-order valence-electron chi connectivity index (χ3n) is 8.49. The molecule has 228 valence electrons. The largest absolute Gasteiger partial charge is 0.462 e. The molecule has 1 aliphatic rings. The van der Waals surface area contributed by atoms with E-state index in [1.54, 1.807) is 6.92 Å². The lowest BCUT2D eigenvalue weighted by Crippen LogP contribution is -2.30. The number of hydrogen-bond donors (Lipinski definition) is 1. The third-order valence-corrected chi connectivity index (χ3v) is 8.49. The molecule has 1 N–H and O–H groups in total. The van der Waals surface area contributed by atoms with Crippen LogP contribution >= 0.6 is 0 Å². The van der Waals surface area contributed by atoms with E-state index in [0.29, 0.717) is 17.9 Å². The Bertz CT molecular complexity index is 1180. The summed E-state index contributed by atoms with van der Waals surface area (Å²) in [5.41, 5.74) is 3.74. The second kappa shape index (κ2) is 15.9. The van der Waals surface area contributed by atoms with Crippen molar-refractivity contribution in [2.75, 3.05) is 13.2 Å². The van der Waals surface area contributed by atoms with Gasteiger partial charge in [0.2, 0.25) is 0 Å². The molecular formula is C37H50O5. The predicted octanol–water partition coefficient (Wildman–Crippen LogP) is 8.36. The van der Waals surface area contributed by atoms with Gasteiger partial charge in [-0.1, -0.05) is 94.3 Å². The Hall–Kier alpha value is -3.18. The Morgan fingerprint density at radius 2 is 1.43 bits per heavy atom. The zero-order valence-corrected chi connectivity index (χ0v) is 26.1. The highest BCUT2D eigenvalue weighted by Crippen LogP contribution is 2.38. The van der Waals surface area contributed by atoms with E-state index in [2.05, 4.69) is 68.6 Å². The summed E-state index contributed by atoms with van der Waals surface area (Å²) < 4.78 is 10.8. The second-order valence-corrected chi connectivity index (χ2v) is 12.6. The van der Waals surface area contributed by atoms with E-state index in [1.165, 1.54) is 76.3 Å². The van der Waals surface area contributed by atoms with Gasteiger partial charge in [0.25, 0.3) is 0 Å². The maximum atomic E-state index is 12.4. The average Bonchev–Trinajstić information content (AvgIpc) is 2.98. The highest BCUT2D eigenvalue weighted by Gasteiger charge is 2.26. The van der Waals surface area contributed by atoms with Gasteiger partial charge in [-0.05, 0) is 87.0 Å². The van der Waals surface area contributed by atoms with Crippen LogP contribution < -0.4 is 0 Å². The highest BCUT2D eigenvalue weighted by molar-refractivity contribution is 5.89. The van der Waals surface area contributed by atoms with Crippen LogP contribution in [0.2, 0.25) is 0 Å². The lowest BCUT2D eigenvalue weighted by molar-refractivity contribution is -0.145. The van der Waals surface area contributed by atoms with Crippen LogP contribution in [0.15, 0.2) is 72.8 Å². The van der Waals surface area contributed by atoms with E-state index in [-0.39, 0.29) is 24.7 Å². The van der Waals surface area contributed by atoms with Crippen molar-refractivity contribution in [3.63, 3.8) is 0 Å². The van der Waals surface area contributed by atoms with Crippen LogP contribution in [0.4, 0.5) is 0 Å². The monoisotopic (exact) mass is 574 g/mol. The maximum Gasteiger partial charge on any atom is 0.336 e. The number of ether oxygens (including phenoxy) is 2. The topological polar surface area (TPSA) is 72.8 Å². The summed E-state index contributed by atoms with van der Waals surface area (Å²) in [6.45, 7) is 14.2. The van der Waals surface area contributed by atoms with E-state index in [9.17, 15) is 14.7 Å². The minimum atomic E-state index is -1.37. The van der Waals surface area contributed by atoms with Gasteiger partial charge in [-0.25, -0.2) is 9.59 Å². The molecule has 1 unspecified atom stereocenters. The third kappa shape index (κ3) is 10.3. The Kier molecular flexibility index (Phi) is 12.6. The molecule has 0 saturated heterocycles. The molecule has 0 aromatic heterocycles. The summed E-state index contributed by atoms with van der Waals surface area (Å²) in [6.07, 6.45) is 11.3. The molecule has 3 rings (SSSR count). The zero-order valence-electron chi connectivity index (χ0n) is 26.1. The first-order valence-electron chi connectivity index (χ1n) is 15.6. The summed E-state index contributed by atoms with van der Waals surface area (Å²) in [5.74, 6) is 0.180. The number of rotatable bonds is 15. The van der Waals surface area contributed by atoms with E-state index in [0.717, 1.165) is 17.0 Å².